The quantitative estimate of drug-likeness (QED) is 0.248. The third kappa shape index (κ3) is 31.5. The number of hydrogen-bond donors (Lipinski definition) is 3. The molecule has 0 aliphatic carbocycles. The molecule has 1 aromatic carbocycles. The summed E-state index contributed by atoms with van der Waals surface area (Å²) in [7, 11) is 0. The van der Waals surface area contributed by atoms with Crippen LogP contribution in [-0.4, -0.2) is 11.2 Å². The number of nitrogen functional groups attached to an aromatic ring is 1. The molecule has 6 heteroatoms. The van der Waals surface area contributed by atoms with E-state index in [-0.39, 0.29) is 38.4 Å². The van der Waals surface area contributed by atoms with Gasteiger partial charge in [0.25, 0.3) is 0 Å². The van der Waals surface area contributed by atoms with Crippen LogP contribution in [-0.2, 0) is 9.59 Å². The summed E-state index contributed by atoms with van der Waals surface area (Å²) >= 11 is 6.22. The minimum Gasteiger partial charge on any atom is -1.00 e. The molecule has 0 amide bonds. The Morgan fingerprint density at radius 3 is 1.47 bits per heavy atom. The van der Waals surface area contributed by atoms with Gasteiger partial charge in [0.05, 0.1) is 0 Å². The van der Waals surface area contributed by atoms with E-state index in [0.717, 1.165) is 5.69 Å². The maximum absolute atomic E-state index is 8.67. The first-order chi connectivity index (χ1) is 6.22. The smallest absolute Gasteiger partial charge is 1.00 e. The molecule has 0 bridgehead atoms. The van der Waals surface area contributed by atoms with Gasteiger partial charge in [0.2, 0.25) is 0 Å². The van der Waals surface area contributed by atoms with Gasteiger partial charge in [-0.3, -0.25) is 9.59 Å². The number of anilines is 1. The number of thiol groups is 2. The first-order valence-corrected chi connectivity index (χ1v) is 4.22. The standard InChI is InChI=1S/C6H7N.2CH2OS.CH4.Na.H/c7-6-4-2-1-3-5-6;2*2-1-3;;;/h1-5H,7H2;2*1H,(H,2,3);1H4;;/q;;;;+1;-1. The van der Waals surface area contributed by atoms with E-state index in [1.165, 1.54) is 0 Å². The Labute approximate surface area is 125 Å². The van der Waals surface area contributed by atoms with Crippen LogP contribution in [0, 0.1) is 0 Å². The van der Waals surface area contributed by atoms with Gasteiger partial charge >= 0.3 is 29.6 Å². The number of para-hydroxylation sites is 1. The van der Waals surface area contributed by atoms with Crippen LogP contribution in [0.4, 0.5) is 5.69 Å². The molecule has 0 heterocycles. The molecule has 0 aromatic heterocycles. The molecule has 2 N–H and O–H groups in total. The fourth-order valence-corrected chi connectivity index (χ4v) is 0.453. The fraction of sp³-hybridized carbons (Fsp3) is 0.111. The van der Waals surface area contributed by atoms with Crippen molar-refractivity contribution in [2.75, 3.05) is 5.73 Å². The Balaban J connectivity index is -0.0000000398. The summed E-state index contributed by atoms with van der Waals surface area (Å²) in [4.78, 5) is 17.3. The summed E-state index contributed by atoms with van der Waals surface area (Å²) in [6.45, 7) is 0. The van der Waals surface area contributed by atoms with E-state index in [9.17, 15) is 0 Å². The molecule has 0 aliphatic heterocycles. The van der Waals surface area contributed by atoms with E-state index in [4.69, 9.17) is 15.3 Å². The monoisotopic (exact) mass is 257 g/mol. The molecule has 3 nitrogen and oxygen atoms in total. The maximum atomic E-state index is 8.67. The van der Waals surface area contributed by atoms with Crippen molar-refractivity contribution < 1.29 is 40.6 Å². The molecule has 15 heavy (non-hydrogen) atoms. The van der Waals surface area contributed by atoms with Gasteiger partial charge in [-0.25, -0.2) is 0 Å². The number of rotatable bonds is 0. The molecule has 0 fully saturated rings. The largest absolute Gasteiger partial charge is 1.00 e. The minimum absolute atomic E-state index is 0. The average Bonchev–Trinajstić information content (AvgIpc) is 2.08. The fourth-order valence-electron chi connectivity index (χ4n) is 0.453. The third-order valence-corrected chi connectivity index (χ3v) is 0.800. The number of benzene rings is 1. The average molecular weight is 257 g/mol. The van der Waals surface area contributed by atoms with Crippen molar-refractivity contribution in [1.82, 2.24) is 0 Å². The summed E-state index contributed by atoms with van der Waals surface area (Å²) in [6, 6.07) is 9.49. The number of nitrogens with two attached hydrogens (primary N) is 1. The summed E-state index contributed by atoms with van der Waals surface area (Å²) in [5, 5.41) is 0. The van der Waals surface area contributed by atoms with Crippen molar-refractivity contribution in [2.24, 2.45) is 0 Å². The van der Waals surface area contributed by atoms with E-state index in [1.54, 1.807) is 0 Å². The van der Waals surface area contributed by atoms with Crippen LogP contribution in [0.2, 0.25) is 0 Å². The predicted octanol–water partition coefficient (Wildman–Crippen LogP) is -0.766. The van der Waals surface area contributed by atoms with Gasteiger partial charge in [-0.1, -0.05) is 25.6 Å². The molecule has 1 rings (SSSR count). The summed E-state index contributed by atoms with van der Waals surface area (Å²) in [5.74, 6) is 0. The number of hydrogen-bond acceptors (Lipinski definition) is 3. The Morgan fingerprint density at radius 2 is 1.33 bits per heavy atom. The third-order valence-electron chi connectivity index (χ3n) is 0.800. The molecule has 0 unspecified atom stereocenters. The van der Waals surface area contributed by atoms with Gasteiger partial charge in [-0.2, -0.15) is 0 Å². The summed E-state index contributed by atoms with van der Waals surface area (Å²) in [5.41, 5.74) is 7.07. The second kappa shape index (κ2) is 23.7. The van der Waals surface area contributed by atoms with Crippen LogP contribution in [0.3, 0.4) is 0 Å². The van der Waals surface area contributed by atoms with Crippen LogP contribution < -0.4 is 35.3 Å². The van der Waals surface area contributed by atoms with Gasteiger partial charge in [0.15, 0.2) is 11.2 Å². The van der Waals surface area contributed by atoms with Crippen molar-refractivity contribution in [1.29, 1.82) is 0 Å². The Morgan fingerprint density at radius 1 is 1.07 bits per heavy atom. The number of carbonyl (C=O) groups is 2. The van der Waals surface area contributed by atoms with Gasteiger partial charge in [0.1, 0.15) is 0 Å². The van der Waals surface area contributed by atoms with Crippen molar-refractivity contribution in [3.63, 3.8) is 0 Å². The molecule has 0 spiro atoms. The zero-order valence-corrected chi connectivity index (χ0v) is 11.6. The van der Waals surface area contributed by atoms with Gasteiger partial charge in [-0.15, -0.1) is 25.3 Å². The van der Waals surface area contributed by atoms with Crippen LogP contribution in [0.5, 0.6) is 0 Å². The molecular weight excluding hydrogens is 241 g/mol. The molecule has 82 valence electrons. The van der Waals surface area contributed by atoms with E-state index in [2.05, 4.69) is 25.3 Å². The second-order valence-corrected chi connectivity index (χ2v) is 2.04. The molecule has 0 radical (unpaired) electrons. The van der Waals surface area contributed by atoms with Gasteiger partial charge < -0.3 is 7.16 Å². The Bertz CT molecular complexity index is 222. The van der Waals surface area contributed by atoms with Crippen LogP contribution in [0.25, 0.3) is 0 Å². The number of carbonyl (C=O) groups excluding carboxylic acids is 2. The second-order valence-electron chi connectivity index (χ2n) is 1.62. The topological polar surface area (TPSA) is 60.2 Å². The zero-order valence-electron chi connectivity index (χ0n) is 8.83. The molecule has 0 aliphatic rings. The molecule has 0 saturated heterocycles. The SMILES string of the molecule is C.Nc1ccccc1.O=CS.O=CS.[H-].[Na+]. The summed E-state index contributed by atoms with van der Waals surface area (Å²) < 4.78 is 0. The first kappa shape index (κ1) is 24.3. The van der Waals surface area contributed by atoms with Crippen molar-refractivity contribution in [3.05, 3.63) is 30.3 Å². The van der Waals surface area contributed by atoms with Gasteiger partial charge in [-0.05, 0) is 12.1 Å². The van der Waals surface area contributed by atoms with E-state index in [1.807, 2.05) is 30.3 Å². The first-order valence-electron chi connectivity index (χ1n) is 3.19. The van der Waals surface area contributed by atoms with Crippen LogP contribution in [0.15, 0.2) is 30.3 Å². The molecule has 0 atom stereocenters. The van der Waals surface area contributed by atoms with Gasteiger partial charge in [0, 0.05) is 5.69 Å². The molecule has 1 aromatic rings. The zero-order chi connectivity index (χ0) is 10.5. The van der Waals surface area contributed by atoms with Crippen molar-refractivity contribution in [3.8, 4) is 0 Å². The van der Waals surface area contributed by atoms with E-state index >= 15 is 0 Å². The van der Waals surface area contributed by atoms with Crippen LogP contribution in [0.1, 0.15) is 8.85 Å². The Kier molecular flexibility index (Phi) is 38.4. The van der Waals surface area contributed by atoms with Crippen LogP contribution >= 0.6 is 25.3 Å². The Hall–Kier alpha value is 0.0600. The van der Waals surface area contributed by atoms with Crippen molar-refractivity contribution in [2.45, 2.75) is 7.43 Å². The van der Waals surface area contributed by atoms with E-state index in [0.29, 0.717) is 11.2 Å². The van der Waals surface area contributed by atoms with E-state index < -0.39 is 0 Å². The predicted molar refractivity (Wildman–Crippen MR) is 70.2 cm³/mol. The minimum atomic E-state index is 0. The van der Waals surface area contributed by atoms with Crippen molar-refractivity contribution >= 4 is 42.2 Å². The molecular formula is C9H16NNaO2S2. The normalized spacial score (nSPS) is 5.73. The summed E-state index contributed by atoms with van der Waals surface area (Å²) in [6.07, 6.45) is 0. The maximum Gasteiger partial charge on any atom is 1.00 e. The molecule has 0 saturated carbocycles.